The molecular formula is C30H39N9O8S6. The van der Waals surface area contributed by atoms with Crippen LogP contribution in [0, 0.1) is 0 Å². The van der Waals surface area contributed by atoms with Crippen molar-refractivity contribution in [3.63, 3.8) is 0 Å². The van der Waals surface area contributed by atoms with E-state index in [1.54, 1.807) is 48.5 Å². The fourth-order valence-electron chi connectivity index (χ4n) is 4.00. The van der Waals surface area contributed by atoms with E-state index >= 15 is 0 Å². The van der Waals surface area contributed by atoms with E-state index in [1.807, 2.05) is 0 Å². The van der Waals surface area contributed by atoms with Crippen LogP contribution in [0.3, 0.4) is 0 Å². The van der Waals surface area contributed by atoms with E-state index in [9.17, 15) is 17.7 Å². The van der Waals surface area contributed by atoms with Crippen molar-refractivity contribution in [3.05, 3.63) is 60.7 Å². The van der Waals surface area contributed by atoms with E-state index in [-0.39, 0.29) is 52.2 Å². The molecule has 0 radical (unpaired) electrons. The van der Waals surface area contributed by atoms with Crippen molar-refractivity contribution in [2.45, 2.75) is 29.4 Å². The van der Waals surface area contributed by atoms with Gasteiger partial charge in [0.05, 0.1) is 72.5 Å². The second-order valence-electron chi connectivity index (χ2n) is 10.4. The van der Waals surface area contributed by atoms with Gasteiger partial charge < -0.3 is 70.9 Å². The highest BCUT2D eigenvalue weighted by molar-refractivity contribution is 7.94. The number of fused-ring (bicyclic) bond motifs is 1. The first kappa shape index (κ1) is 44.9. The molecule has 17 nitrogen and oxygen atoms in total. The van der Waals surface area contributed by atoms with Crippen LogP contribution in [0.5, 0.6) is 5.75 Å². The lowest BCUT2D eigenvalue weighted by atomic mass is 10.1. The van der Waals surface area contributed by atoms with Gasteiger partial charge in [-0.2, -0.15) is 8.42 Å². The van der Waals surface area contributed by atoms with Crippen LogP contribution < -0.4 is 51.6 Å². The number of hydrogen-bond acceptors (Lipinski definition) is 20. The third-order valence-electron chi connectivity index (χ3n) is 6.73. The summed E-state index contributed by atoms with van der Waals surface area (Å²) in [7, 11) is -5.43. The highest BCUT2D eigenvalue weighted by atomic mass is 32.2. The predicted octanol–water partition coefficient (Wildman–Crippen LogP) is 3.90. The molecule has 1 atom stereocenters. The van der Waals surface area contributed by atoms with Crippen molar-refractivity contribution >= 4 is 132 Å². The molecule has 5 aromatic carbocycles. The zero-order valence-electron chi connectivity index (χ0n) is 27.4. The van der Waals surface area contributed by atoms with E-state index in [0.717, 1.165) is 6.07 Å². The number of anilines is 9. The molecule has 0 saturated heterocycles. The molecule has 0 bridgehead atoms. The molecule has 0 fully saturated rings. The van der Waals surface area contributed by atoms with Crippen molar-refractivity contribution in [1.82, 2.24) is 0 Å². The van der Waals surface area contributed by atoms with Gasteiger partial charge >= 0.3 is 0 Å². The first-order valence-electron chi connectivity index (χ1n) is 14.3. The maximum atomic E-state index is 11.3. The van der Waals surface area contributed by atoms with Crippen LogP contribution in [-0.4, -0.2) is 48.9 Å². The number of hydrogen-bond donors (Lipinski definition) is 16. The number of rotatable bonds is 6. The maximum absolute atomic E-state index is 11.3. The number of aromatic hydroxyl groups is 1. The van der Waals surface area contributed by atoms with E-state index in [0.29, 0.717) is 76.4 Å². The van der Waals surface area contributed by atoms with Crippen molar-refractivity contribution < 1.29 is 36.5 Å². The Bertz CT molecular complexity index is 2220. The molecule has 5 rings (SSSR count). The average molecular weight is 846 g/mol. The van der Waals surface area contributed by atoms with Gasteiger partial charge in [-0.1, -0.05) is 0 Å². The minimum atomic E-state index is -4.33. The maximum Gasteiger partial charge on any atom is 0.296 e. The van der Waals surface area contributed by atoms with Gasteiger partial charge in [-0.15, -0.1) is 25.3 Å². The van der Waals surface area contributed by atoms with Crippen molar-refractivity contribution in [3.8, 4) is 5.75 Å². The second-order valence-corrected chi connectivity index (χ2v) is 15.6. The molecule has 23 heteroatoms. The minimum absolute atomic E-state index is 0.0572. The van der Waals surface area contributed by atoms with Gasteiger partial charge in [-0.25, -0.2) is 0 Å². The largest absolute Gasteiger partial charge is 0.505 e. The van der Waals surface area contributed by atoms with Gasteiger partial charge in [-0.05, 0) is 66.0 Å². The van der Waals surface area contributed by atoms with Gasteiger partial charge in [-0.3, -0.25) is 8.76 Å². The molecule has 0 spiro atoms. The molecule has 0 amide bonds. The number of nitrogen functional groups attached to an aromatic ring is 9. The summed E-state index contributed by atoms with van der Waals surface area (Å²) in [4.78, 5) is 2.33. The topological polar surface area (TPSA) is 387 Å². The average Bonchev–Trinajstić information content (AvgIpc) is 3.09. The zero-order chi connectivity index (χ0) is 40.4. The van der Waals surface area contributed by atoms with Crippen LogP contribution in [0.1, 0.15) is 0 Å². The number of aliphatic hydroxyl groups is 1. The second kappa shape index (κ2) is 19.7. The number of aliphatic hydroxyl groups excluding tert-OH is 1. The lowest BCUT2D eigenvalue weighted by Crippen LogP contribution is -2.06. The van der Waals surface area contributed by atoms with Crippen LogP contribution in [0.25, 0.3) is 10.8 Å². The molecule has 1 unspecified atom stereocenters. The molecule has 53 heavy (non-hydrogen) atoms. The molecule has 0 aliphatic carbocycles. The first-order valence-corrected chi connectivity index (χ1v) is 19.5. The summed E-state index contributed by atoms with van der Waals surface area (Å²) in [6.07, 6.45) is 0. The number of phenols is 1. The van der Waals surface area contributed by atoms with Crippen LogP contribution in [-0.2, 0) is 20.9 Å². The SMILES string of the molecule is Nc1c(SO)cc2cc(S)c(N)c(O)c2c1N.Nc1cc(N)c(S(=O)(=O)O)cc1N.Nc1cc(N)c(SO)cc1S.Nc1ccc(S(=O)CCO)cc1. The predicted molar refractivity (Wildman–Crippen MR) is 224 cm³/mol. The number of phenolic OH excluding ortho intramolecular Hbond substituents is 1. The summed E-state index contributed by atoms with van der Waals surface area (Å²) in [5.41, 5.74) is 52.0. The standard InChI is InChI=1S/C10H11N3O2S2.C8H11NO2S.C6H9N3O3S.C6H8N2OS2/c11-7-4(16)1-3-2-5(17-15)8(12)9(13)6(3)10(7)14;9-7-1-3-8(4-2-7)12(11)6-5-10;7-3-1-5(9)6(2-4(3)8)13(10,11)12;7-3-1-4(8)6(11-9)2-5(3)10/h1-2,14-16H,11-13H2;1-4,10H,5-6,9H2;1-2H,7-9H2,(H,10,11,12);1-2,9-10H,7-8H2. The Morgan fingerprint density at radius 1 is 0.660 bits per heavy atom. The third-order valence-corrected chi connectivity index (χ3v) is 10.8. The van der Waals surface area contributed by atoms with Crippen LogP contribution in [0.2, 0.25) is 0 Å². The van der Waals surface area contributed by atoms with Crippen molar-refractivity contribution in [2.24, 2.45) is 0 Å². The third kappa shape index (κ3) is 12.1. The Morgan fingerprint density at radius 3 is 1.74 bits per heavy atom. The van der Waals surface area contributed by atoms with Crippen LogP contribution >= 0.6 is 49.3 Å². The zero-order valence-corrected chi connectivity index (χ0v) is 32.4. The number of thiol groups is 2. The molecule has 5 aromatic rings. The molecule has 23 N–H and O–H groups in total. The smallest absolute Gasteiger partial charge is 0.296 e. The van der Waals surface area contributed by atoms with Gasteiger partial charge in [0.2, 0.25) is 0 Å². The van der Waals surface area contributed by atoms with Crippen LogP contribution in [0.4, 0.5) is 51.2 Å². The molecule has 0 saturated carbocycles. The Morgan fingerprint density at radius 2 is 1.21 bits per heavy atom. The lowest BCUT2D eigenvalue weighted by Gasteiger charge is -2.13. The van der Waals surface area contributed by atoms with Gasteiger partial charge in [0.15, 0.2) is 0 Å². The summed E-state index contributed by atoms with van der Waals surface area (Å²) >= 11 is 9.29. The number of benzene rings is 5. The monoisotopic (exact) mass is 845 g/mol. The van der Waals surface area contributed by atoms with Crippen molar-refractivity contribution in [1.29, 1.82) is 0 Å². The lowest BCUT2D eigenvalue weighted by molar-refractivity contribution is 0.321. The summed E-state index contributed by atoms with van der Waals surface area (Å²) in [5.74, 6) is 0.135. The molecule has 0 aliphatic heterocycles. The van der Waals surface area contributed by atoms with Gasteiger partial charge in [0, 0.05) is 55.8 Å². The first-order chi connectivity index (χ1) is 24.7. The number of nitrogens with two attached hydrogens (primary N) is 9. The summed E-state index contributed by atoms with van der Waals surface area (Å²) in [6.45, 7) is -0.0585. The van der Waals surface area contributed by atoms with E-state index in [1.165, 1.54) is 6.07 Å². The Labute approximate surface area is 326 Å². The quantitative estimate of drug-likeness (QED) is 0.0379. The van der Waals surface area contributed by atoms with Gasteiger partial charge in [0.1, 0.15) is 10.6 Å². The van der Waals surface area contributed by atoms with Crippen molar-refractivity contribution in [2.75, 3.05) is 64.0 Å². The Balaban J connectivity index is 0.000000248. The molecule has 0 heterocycles. The van der Waals surface area contributed by atoms with E-state index in [4.69, 9.17) is 70.4 Å². The molecule has 0 aliphatic rings. The minimum Gasteiger partial charge on any atom is -0.505 e. The summed E-state index contributed by atoms with van der Waals surface area (Å²) < 4.78 is 59.1. The Hall–Kier alpha value is -4.30. The molecular weight excluding hydrogens is 807 g/mol. The fourth-order valence-corrected chi connectivity index (χ4v) is 6.73. The van der Waals surface area contributed by atoms with Crippen LogP contribution in [0.15, 0.2) is 90.0 Å². The normalized spacial score (nSPS) is 11.3. The van der Waals surface area contributed by atoms with E-state index in [2.05, 4.69) is 25.3 Å². The molecule has 288 valence electrons. The highest BCUT2D eigenvalue weighted by Crippen LogP contribution is 2.44. The Kier molecular flexibility index (Phi) is 16.7. The fraction of sp³-hybridized carbons (Fsp3) is 0.0667. The van der Waals surface area contributed by atoms with E-state index < -0.39 is 25.8 Å². The molecule has 0 aromatic heterocycles. The van der Waals surface area contributed by atoms with Gasteiger partial charge in [0.25, 0.3) is 10.1 Å². The highest BCUT2D eigenvalue weighted by Gasteiger charge is 2.16. The summed E-state index contributed by atoms with van der Waals surface area (Å²) in [6, 6.07) is 15.5. The summed E-state index contributed by atoms with van der Waals surface area (Å²) in [5, 5.41) is 19.5.